The Morgan fingerprint density at radius 2 is 2.40 bits per heavy atom. The van der Waals surface area contributed by atoms with E-state index in [1.807, 2.05) is 12.1 Å². The van der Waals surface area contributed by atoms with Crippen molar-refractivity contribution in [3.63, 3.8) is 0 Å². The van der Waals surface area contributed by atoms with Gasteiger partial charge in [0.1, 0.15) is 0 Å². The van der Waals surface area contributed by atoms with Crippen molar-refractivity contribution >= 4 is 0 Å². The molecular weight excluding hydrogens is 256 g/mol. The van der Waals surface area contributed by atoms with Crippen LogP contribution in [-0.4, -0.2) is 34.7 Å². The highest BCUT2D eigenvalue weighted by molar-refractivity contribution is 5.44. The maximum Gasteiger partial charge on any atom is 0.241 e. The Morgan fingerprint density at radius 3 is 3.15 bits per heavy atom. The van der Waals surface area contributed by atoms with Crippen LogP contribution in [0.25, 0.3) is 11.6 Å². The predicted molar refractivity (Wildman–Crippen MR) is 73.6 cm³/mol. The van der Waals surface area contributed by atoms with Crippen LogP contribution in [0, 0.1) is 11.8 Å². The van der Waals surface area contributed by atoms with Crippen LogP contribution < -0.4 is 5.73 Å². The van der Waals surface area contributed by atoms with E-state index in [1.54, 1.807) is 6.26 Å². The Labute approximate surface area is 117 Å². The van der Waals surface area contributed by atoms with Crippen molar-refractivity contribution in [1.82, 2.24) is 15.0 Å². The molecule has 0 radical (unpaired) electrons. The van der Waals surface area contributed by atoms with Gasteiger partial charge in [0.05, 0.1) is 12.8 Å². The fraction of sp³-hybridized carbons (Fsp3) is 0.571. The van der Waals surface area contributed by atoms with Gasteiger partial charge >= 0.3 is 0 Å². The first-order valence-corrected chi connectivity index (χ1v) is 7.05. The average molecular weight is 276 g/mol. The first-order valence-electron chi connectivity index (χ1n) is 7.05. The lowest BCUT2D eigenvalue weighted by Gasteiger charge is -2.35. The second-order valence-electron chi connectivity index (χ2n) is 5.49. The van der Waals surface area contributed by atoms with Gasteiger partial charge in [0.15, 0.2) is 5.76 Å². The van der Waals surface area contributed by atoms with E-state index in [-0.39, 0.29) is 0 Å². The fourth-order valence-corrected chi connectivity index (χ4v) is 2.69. The molecule has 0 saturated carbocycles. The van der Waals surface area contributed by atoms with Crippen LogP contribution in [0.1, 0.15) is 19.2 Å². The molecule has 2 atom stereocenters. The first kappa shape index (κ1) is 13.3. The van der Waals surface area contributed by atoms with Gasteiger partial charge in [-0.3, -0.25) is 4.90 Å². The van der Waals surface area contributed by atoms with Crippen LogP contribution in [0.2, 0.25) is 0 Å². The highest BCUT2D eigenvalue weighted by Crippen LogP contribution is 2.24. The standard InChI is InChI=1S/C14H20N4O2/c1-10-4-5-18(8-11(10)7-15)9-13-16-14(17-20-13)12-3-2-6-19-12/h2-3,6,10-11H,4-5,7-9,15H2,1H3. The van der Waals surface area contributed by atoms with Gasteiger partial charge in [-0.15, -0.1) is 0 Å². The molecule has 0 aromatic carbocycles. The minimum atomic E-state index is 0.505. The van der Waals surface area contributed by atoms with Crippen molar-refractivity contribution in [1.29, 1.82) is 0 Å². The van der Waals surface area contributed by atoms with Crippen molar-refractivity contribution in [2.45, 2.75) is 19.9 Å². The topological polar surface area (TPSA) is 81.3 Å². The summed E-state index contributed by atoms with van der Waals surface area (Å²) in [4.78, 5) is 6.70. The lowest BCUT2D eigenvalue weighted by Crippen LogP contribution is -2.42. The van der Waals surface area contributed by atoms with E-state index in [1.165, 1.54) is 6.42 Å². The normalized spacial score (nSPS) is 24.1. The summed E-state index contributed by atoms with van der Waals surface area (Å²) in [6.07, 6.45) is 2.77. The molecule has 0 spiro atoms. The Morgan fingerprint density at radius 1 is 1.50 bits per heavy atom. The number of hydrogen-bond acceptors (Lipinski definition) is 6. The van der Waals surface area contributed by atoms with E-state index in [9.17, 15) is 0 Å². The van der Waals surface area contributed by atoms with Crippen LogP contribution in [0.5, 0.6) is 0 Å². The summed E-state index contributed by atoms with van der Waals surface area (Å²) in [6, 6.07) is 3.63. The number of nitrogens with two attached hydrogens (primary N) is 1. The smallest absolute Gasteiger partial charge is 0.241 e. The van der Waals surface area contributed by atoms with Crippen LogP contribution in [-0.2, 0) is 6.54 Å². The maximum atomic E-state index is 5.83. The Balaban J connectivity index is 1.64. The molecule has 0 amide bonds. The monoisotopic (exact) mass is 276 g/mol. The summed E-state index contributed by atoms with van der Waals surface area (Å²) in [5.74, 6) is 3.01. The van der Waals surface area contributed by atoms with E-state index in [2.05, 4.69) is 22.0 Å². The van der Waals surface area contributed by atoms with E-state index in [0.717, 1.165) is 19.6 Å². The zero-order valence-electron chi connectivity index (χ0n) is 11.7. The number of furan rings is 1. The highest BCUT2D eigenvalue weighted by Gasteiger charge is 2.26. The van der Waals surface area contributed by atoms with Gasteiger partial charge in [0.25, 0.3) is 0 Å². The average Bonchev–Trinajstić information content (AvgIpc) is 3.11. The molecule has 1 fully saturated rings. The SMILES string of the molecule is CC1CCN(Cc2nc(-c3ccco3)no2)CC1CN. The first-order chi connectivity index (χ1) is 9.76. The van der Waals surface area contributed by atoms with Crippen molar-refractivity contribution in [3.05, 3.63) is 24.3 Å². The minimum Gasteiger partial charge on any atom is -0.461 e. The molecule has 1 saturated heterocycles. The molecule has 1 aliphatic heterocycles. The number of aromatic nitrogens is 2. The Bertz CT molecular complexity index is 537. The second kappa shape index (κ2) is 5.76. The zero-order chi connectivity index (χ0) is 13.9. The van der Waals surface area contributed by atoms with Gasteiger partial charge in [-0.25, -0.2) is 0 Å². The van der Waals surface area contributed by atoms with Crippen LogP contribution in [0.4, 0.5) is 0 Å². The third-order valence-corrected chi connectivity index (χ3v) is 4.07. The number of rotatable bonds is 4. The van der Waals surface area contributed by atoms with Crippen molar-refractivity contribution < 1.29 is 8.94 Å². The fourth-order valence-electron chi connectivity index (χ4n) is 2.69. The molecule has 0 bridgehead atoms. The van der Waals surface area contributed by atoms with Gasteiger partial charge in [-0.05, 0) is 43.5 Å². The zero-order valence-corrected chi connectivity index (χ0v) is 11.7. The largest absolute Gasteiger partial charge is 0.461 e. The van der Waals surface area contributed by atoms with Gasteiger partial charge in [-0.2, -0.15) is 4.98 Å². The third kappa shape index (κ3) is 2.76. The van der Waals surface area contributed by atoms with E-state index in [4.69, 9.17) is 14.7 Å². The Hall–Kier alpha value is -1.66. The van der Waals surface area contributed by atoms with E-state index < -0.39 is 0 Å². The Kier molecular flexibility index (Phi) is 3.84. The number of likely N-dealkylation sites (tertiary alicyclic amines) is 1. The van der Waals surface area contributed by atoms with E-state index >= 15 is 0 Å². The highest BCUT2D eigenvalue weighted by atomic mass is 16.5. The molecule has 1 aliphatic rings. The van der Waals surface area contributed by atoms with Crippen LogP contribution in [0.15, 0.2) is 27.3 Å². The molecule has 6 heteroatoms. The number of nitrogens with zero attached hydrogens (tertiary/aromatic N) is 3. The van der Waals surface area contributed by atoms with Gasteiger partial charge in [-0.1, -0.05) is 12.1 Å². The van der Waals surface area contributed by atoms with Gasteiger partial charge < -0.3 is 14.7 Å². The molecule has 20 heavy (non-hydrogen) atoms. The summed E-state index contributed by atoms with van der Waals surface area (Å²) >= 11 is 0. The van der Waals surface area contributed by atoms with E-state index in [0.29, 0.717) is 35.9 Å². The molecule has 2 aromatic rings. The molecule has 3 rings (SSSR count). The van der Waals surface area contributed by atoms with Gasteiger partial charge in [0, 0.05) is 6.54 Å². The molecule has 108 valence electrons. The minimum absolute atomic E-state index is 0.505. The molecule has 6 nitrogen and oxygen atoms in total. The summed E-state index contributed by atoms with van der Waals surface area (Å²) in [5, 5.41) is 3.95. The quantitative estimate of drug-likeness (QED) is 0.916. The van der Waals surface area contributed by atoms with Crippen LogP contribution >= 0.6 is 0 Å². The summed E-state index contributed by atoms with van der Waals surface area (Å²) in [5.41, 5.74) is 5.83. The van der Waals surface area contributed by atoms with Crippen molar-refractivity contribution in [3.8, 4) is 11.6 Å². The van der Waals surface area contributed by atoms with Gasteiger partial charge in [0.2, 0.25) is 11.7 Å². The second-order valence-corrected chi connectivity index (χ2v) is 5.49. The van der Waals surface area contributed by atoms with Crippen molar-refractivity contribution in [2.75, 3.05) is 19.6 Å². The van der Waals surface area contributed by atoms with Crippen molar-refractivity contribution in [2.24, 2.45) is 17.6 Å². The molecule has 3 heterocycles. The molecule has 2 aromatic heterocycles. The summed E-state index contributed by atoms with van der Waals surface area (Å²) in [6.45, 7) is 5.74. The molecule has 2 N–H and O–H groups in total. The van der Waals surface area contributed by atoms with Crippen LogP contribution in [0.3, 0.4) is 0 Å². The predicted octanol–water partition coefficient (Wildman–Crippen LogP) is 1.75. The molecular formula is C14H20N4O2. The maximum absolute atomic E-state index is 5.83. The summed E-state index contributed by atoms with van der Waals surface area (Å²) in [7, 11) is 0. The molecule has 2 unspecified atom stereocenters. The number of piperidine rings is 1. The molecule has 0 aliphatic carbocycles. The third-order valence-electron chi connectivity index (χ3n) is 4.07. The summed E-state index contributed by atoms with van der Waals surface area (Å²) < 4.78 is 10.5. The lowest BCUT2D eigenvalue weighted by molar-refractivity contribution is 0.114. The number of hydrogen-bond donors (Lipinski definition) is 1. The lowest BCUT2D eigenvalue weighted by atomic mass is 9.87.